The molecule has 0 atom stereocenters. The summed E-state index contributed by atoms with van der Waals surface area (Å²) in [6.45, 7) is 2.00. The first-order valence-electron chi connectivity index (χ1n) is 2.94. The van der Waals surface area contributed by atoms with Crippen LogP contribution in [0.1, 0.15) is 9.88 Å². The van der Waals surface area contributed by atoms with Gasteiger partial charge in [0.05, 0.1) is 0 Å². The molecule has 0 bridgehead atoms. The van der Waals surface area contributed by atoms with Crippen molar-refractivity contribution in [2.24, 2.45) is 0 Å². The molecule has 1 aromatic heterocycles. The predicted octanol–water partition coefficient (Wildman–Crippen LogP) is 1.90. The molecule has 1 rings (SSSR count). The van der Waals surface area contributed by atoms with E-state index < -0.39 is 0 Å². The van der Waals surface area contributed by atoms with Crippen LogP contribution in [0.15, 0.2) is 0 Å². The molecule has 1 heterocycles. The Hall–Kier alpha value is -0.220. The zero-order valence-electron chi connectivity index (χ0n) is 6.05. The van der Waals surface area contributed by atoms with Crippen LogP contribution in [0.25, 0.3) is 0 Å². The van der Waals surface area contributed by atoms with Gasteiger partial charge in [-0.1, -0.05) is 0 Å². The second kappa shape index (κ2) is 3.25. The molecule has 2 N–H and O–H groups in total. The largest absolute Gasteiger partial charge is 0.383 e. The molecular formula is C6H10N2S2. The summed E-state index contributed by atoms with van der Waals surface area (Å²) in [5.74, 6) is 1.66. The van der Waals surface area contributed by atoms with Gasteiger partial charge in [0.15, 0.2) is 0 Å². The van der Waals surface area contributed by atoms with Crippen molar-refractivity contribution in [2.75, 3.05) is 12.0 Å². The molecule has 0 amide bonds. The minimum absolute atomic E-state index is 0.689. The Morgan fingerprint density at radius 3 is 2.80 bits per heavy atom. The van der Waals surface area contributed by atoms with Crippen LogP contribution in [-0.4, -0.2) is 11.2 Å². The molecule has 0 aliphatic rings. The molecule has 10 heavy (non-hydrogen) atoms. The Kier molecular flexibility index (Phi) is 2.56. The van der Waals surface area contributed by atoms with Crippen molar-refractivity contribution in [1.29, 1.82) is 0 Å². The number of rotatable bonds is 2. The van der Waals surface area contributed by atoms with Crippen LogP contribution >= 0.6 is 23.1 Å². The predicted molar refractivity (Wildman–Crippen MR) is 48.5 cm³/mol. The van der Waals surface area contributed by atoms with Gasteiger partial charge >= 0.3 is 0 Å². The lowest BCUT2D eigenvalue weighted by Gasteiger charge is -1.85. The number of hydrogen-bond donors (Lipinski definition) is 1. The fourth-order valence-electron chi connectivity index (χ4n) is 0.650. The molecule has 0 unspecified atom stereocenters. The molecule has 0 radical (unpaired) electrons. The van der Waals surface area contributed by atoms with E-state index in [1.165, 1.54) is 0 Å². The highest BCUT2D eigenvalue weighted by atomic mass is 32.2. The monoisotopic (exact) mass is 174 g/mol. The molecule has 0 spiro atoms. The highest BCUT2D eigenvalue weighted by molar-refractivity contribution is 7.97. The van der Waals surface area contributed by atoms with Crippen LogP contribution in [0.5, 0.6) is 0 Å². The summed E-state index contributed by atoms with van der Waals surface area (Å²) in [5.41, 5.74) is 5.56. The van der Waals surface area contributed by atoms with Crippen LogP contribution in [0.2, 0.25) is 0 Å². The van der Waals surface area contributed by atoms with Crippen molar-refractivity contribution < 1.29 is 0 Å². The summed E-state index contributed by atoms with van der Waals surface area (Å²) in [5, 5.41) is 1.13. The summed E-state index contributed by atoms with van der Waals surface area (Å²) in [6.07, 6.45) is 2.06. The quantitative estimate of drug-likeness (QED) is 0.744. The first-order chi connectivity index (χ1) is 4.74. The van der Waals surface area contributed by atoms with Gasteiger partial charge in [-0.2, -0.15) is 11.8 Å². The minimum atomic E-state index is 0.689. The van der Waals surface area contributed by atoms with Gasteiger partial charge in [-0.15, -0.1) is 11.3 Å². The number of anilines is 1. The van der Waals surface area contributed by atoms with E-state index in [4.69, 9.17) is 5.73 Å². The third kappa shape index (κ3) is 1.64. The summed E-state index contributed by atoms with van der Waals surface area (Å²) in [4.78, 5) is 5.30. The average molecular weight is 174 g/mol. The van der Waals surface area contributed by atoms with Crippen molar-refractivity contribution in [3.8, 4) is 0 Å². The summed E-state index contributed by atoms with van der Waals surface area (Å²) < 4.78 is 0. The van der Waals surface area contributed by atoms with E-state index >= 15 is 0 Å². The number of thiazole rings is 1. The van der Waals surface area contributed by atoms with E-state index in [1.54, 1.807) is 23.1 Å². The fraction of sp³-hybridized carbons (Fsp3) is 0.500. The number of nitrogen functional groups attached to an aromatic ring is 1. The van der Waals surface area contributed by atoms with Crippen LogP contribution in [0, 0.1) is 6.92 Å². The molecule has 4 heteroatoms. The first kappa shape index (κ1) is 7.88. The summed E-state index contributed by atoms with van der Waals surface area (Å²) in [6, 6.07) is 0. The number of aromatic nitrogens is 1. The molecular weight excluding hydrogens is 164 g/mol. The van der Waals surface area contributed by atoms with E-state index in [1.807, 2.05) is 6.92 Å². The molecule has 56 valence electrons. The van der Waals surface area contributed by atoms with Gasteiger partial charge in [-0.3, -0.25) is 0 Å². The normalized spacial score (nSPS) is 10.2. The van der Waals surface area contributed by atoms with Gasteiger partial charge in [0.25, 0.3) is 0 Å². The van der Waals surface area contributed by atoms with Crippen molar-refractivity contribution in [3.63, 3.8) is 0 Å². The minimum Gasteiger partial charge on any atom is -0.383 e. The third-order valence-corrected chi connectivity index (χ3v) is 2.88. The second-order valence-electron chi connectivity index (χ2n) is 1.98. The lowest BCUT2D eigenvalue weighted by atomic mass is 10.6. The molecule has 0 aliphatic heterocycles. The summed E-state index contributed by atoms with van der Waals surface area (Å²) in [7, 11) is 0. The Morgan fingerprint density at radius 2 is 2.40 bits per heavy atom. The van der Waals surface area contributed by atoms with Crippen molar-refractivity contribution >= 4 is 28.9 Å². The van der Waals surface area contributed by atoms with E-state index in [0.717, 1.165) is 15.6 Å². The van der Waals surface area contributed by atoms with Crippen molar-refractivity contribution in [2.45, 2.75) is 12.7 Å². The number of hydrogen-bond acceptors (Lipinski definition) is 4. The number of thioether (sulfide) groups is 1. The molecule has 0 fully saturated rings. The van der Waals surface area contributed by atoms with Crippen molar-refractivity contribution in [1.82, 2.24) is 4.98 Å². The SMILES string of the molecule is CSCc1nc(N)c(C)s1. The molecule has 0 saturated carbocycles. The lowest BCUT2D eigenvalue weighted by molar-refractivity contribution is 1.27. The van der Waals surface area contributed by atoms with Crippen LogP contribution in [0.4, 0.5) is 5.82 Å². The molecule has 0 aliphatic carbocycles. The zero-order chi connectivity index (χ0) is 7.56. The van der Waals surface area contributed by atoms with Gasteiger partial charge in [0.2, 0.25) is 0 Å². The molecule has 2 nitrogen and oxygen atoms in total. The molecule has 1 aromatic rings. The smallest absolute Gasteiger partial charge is 0.137 e. The Labute approximate surface area is 68.8 Å². The standard InChI is InChI=1S/C6H10N2S2/c1-4-6(7)8-5(10-4)3-9-2/h3,7H2,1-2H3. The average Bonchev–Trinajstić information content (AvgIpc) is 2.14. The maximum atomic E-state index is 5.56. The fourth-order valence-corrected chi connectivity index (χ4v) is 2.20. The maximum absolute atomic E-state index is 5.56. The maximum Gasteiger partial charge on any atom is 0.137 e. The van der Waals surface area contributed by atoms with Gasteiger partial charge in [0.1, 0.15) is 10.8 Å². The van der Waals surface area contributed by atoms with Gasteiger partial charge in [-0.05, 0) is 13.2 Å². The second-order valence-corrected chi connectivity index (χ2v) is 4.14. The Morgan fingerprint density at radius 1 is 1.70 bits per heavy atom. The van der Waals surface area contributed by atoms with E-state index in [-0.39, 0.29) is 0 Å². The number of nitrogens with two attached hydrogens (primary N) is 1. The number of nitrogens with zero attached hydrogens (tertiary/aromatic N) is 1. The van der Waals surface area contributed by atoms with E-state index in [9.17, 15) is 0 Å². The van der Waals surface area contributed by atoms with Gasteiger partial charge < -0.3 is 5.73 Å². The zero-order valence-corrected chi connectivity index (χ0v) is 7.68. The topological polar surface area (TPSA) is 38.9 Å². The van der Waals surface area contributed by atoms with Gasteiger partial charge in [-0.25, -0.2) is 4.98 Å². The first-order valence-corrected chi connectivity index (χ1v) is 5.15. The Bertz CT molecular complexity index is 200. The lowest BCUT2D eigenvalue weighted by Crippen LogP contribution is -1.86. The van der Waals surface area contributed by atoms with Crippen LogP contribution in [-0.2, 0) is 5.75 Å². The van der Waals surface area contributed by atoms with Gasteiger partial charge in [0, 0.05) is 10.6 Å². The van der Waals surface area contributed by atoms with Crippen LogP contribution < -0.4 is 5.73 Å². The summed E-state index contributed by atoms with van der Waals surface area (Å²) >= 11 is 3.45. The third-order valence-electron chi connectivity index (χ3n) is 1.14. The molecule has 0 saturated heterocycles. The highest BCUT2D eigenvalue weighted by Crippen LogP contribution is 2.21. The molecule has 0 aromatic carbocycles. The van der Waals surface area contributed by atoms with Crippen LogP contribution in [0.3, 0.4) is 0 Å². The highest BCUT2D eigenvalue weighted by Gasteiger charge is 2.01. The van der Waals surface area contributed by atoms with E-state index in [0.29, 0.717) is 5.82 Å². The Balaban J connectivity index is 2.77. The van der Waals surface area contributed by atoms with Crippen molar-refractivity contribution in [3.05, 3.63) is 9.88 Å². The van der Waals surface area contributed by atoms with E-state index in [2.05, 4.69) is 11.2 Å². The number of aryl methyl sites for hydroxylation is 1.